The Bertz CT molecular complexity index is 569. The van der Waals surface area contributed by atoms with Crippen molar-refractivity contribution in [3.05, 3.63) is 23.8 Å². The summed E-state index contributed by atoms with van der Waals surface area (Å²) in [6.07, 6.45) is -0.309. The van der Waals surface area contributed by atoms with Crippen LogP contribution < -0.4 is 9.47 Å². The molecule has 0 heterocycles. The molecule has 1 unspecified atom stereocenters. The molecule has 0 aliphatic rings. The number of rotatable bonds is 8. The standard InChI is InChI=1S/C18H26O6/c1-7-17(24-14(5)20)12(3)22-11(2)16-10-15(23-13(4)19)8-9-18(16)21-6/h8-12,17H,7H2,1-6H3/t11-,12-,17?/m0/s1. The van der Waals surface area contributed by atoms with Gasteiger partial charge in [-0.25, -0.2) is 0 Å². The maximum absolute atomic E-state index is 11.2. The van der Waals surface area contributed by atoms with Crippen LogP contribution in [0.5, 0.6) is 11.5 Å². The summed E-state index contributed by atoms with van der Waals surface area (Å²) in [5.74, 6) is 0.327. The van der Waals surface area contributed by atoms with Gasteiger partial charge in [-0.15, -0.1) is 0 Å². The van der Waals surface area contributed by atoms with Crippen molar-refractivity contribution in [3.63, 3.8) is 0 Å². The van der Waals surface area contributed by atoms with E-state index < -0.39 is 5.97 Å². The number of benzene rings is 1. The molecule has 1 aromatic rings. The number of hydrogen-bond donors (Lipinski definition) is 0. The number of carbonyl (C=O) groups excluding carboxylic acids is 2. The molecule has 0 aromatic heterocycles. The van der Waals surface area contributed by atoms with E-state index in [1.807, 2.05) is 20.8 Å². The van der Waals surface area contributed by atoms with Gasteiger partial charge in [-0.1, -0.05) is 6.92 Å². The van der Waals surface area contributed by atoms with E-state index in [-0.39, 0.29) is 24.3 Å². The lowest BCUT2D eigenvalue weighted by Gasteiger charge is -2.27. The molecule has 0 amide bonds. The van der Waals surface area contributed by atoms with Crippen LogP contribution in [0.1, 0.15) is 52.7 Å². The molecule has 0 N–H and O–H groups in total. The molecule has 3 atom stereocenters. The highest BCUT2D eigenvalue weighted by molar-refractivity contribution is 5.69. The monoisotopic (exact) mass is 338 g/mol. The first-order chi connectivity index (χ1) is 11.3. The zero-order valence-corrected chi connectivity index (χ0v) is 15.1. The summed E-state index contributed by atoms with van der Waals surface area (Å²) in [4.78, 5) is 22.3. The van der Waals surface area contributed by atoms with Crippen LogP contribution in [0, 0.1) is 0 Å². The fraction of sp³-hybridized carbons (Fsp3) is 0.556. The summed E-state index contributed by atoms with van der Waals surface area (Å²) in [7, 11) is 1.56. The summed E-state index contributed by atoms with van der Waals surface area (Å²) < 4.78 is 21.7. The van der Waals surface area contributed by atoms with Gasteiger partial charge in [-0.3, -0.25) is 9.59 Å². The lowest BCUT2D eigenvalue weighted by molar-refractivity contribution is -0.157. The Labute approximate surface area is 143 Å². The van der Waals surface area contributed by atoms with Crippen molar-refractivity contribution in [2.45, 2.75) is 59.4 Å². The summed E-state index contributed by atoms with van der Waals surface area (Å²) in [5, 5.41) is 0. The predicted molar refractivity (Wildman–Crippen MR) is 89.1 cm³/mol. The third kappa shape index (κ3) is 5.85. The molecule has 0 saturated carbocycles. The normalized spacial score (nSPS) is 14.4. The molecule has 1 aromatic carbocycles. The molecule has 0 fully saturated rings. The van der Waals surface area contributed by atoms with E-state index in [9.17, 15) is 9.59 Å². The van der Waals surface area contributed by atoms with Gasteiger partial charge in [-0.05, 0) is 38.5 Å². The Kier molecular flexibility index (Phi) is 7.71. The third-order valence-electron chi connectivity index (χ3n) is 3.56. The van der Waals surface area contributed by atoms with Crippen LogP contribution in [0.2, 0.25) is 0 Å². The molecule has 0 bridgehead atoms. The van der Waals surface area contributed by atoms with E-state index in [2.05, 4.69) is 0 Å². The Hall–Kier alpha value is -2.08. The molecule has 0 aliphatic carbocycles. The van der Waals surface area contributed by atoms with Crippen molar-refractivity contribution >= 4 is 11.9 Å². The molecule has 0 radical (unpaired) electrons. The number of ether oxygens (including phenoxy) is 4. The zero-order chi connectivity index (χ0) is 18.3. The highest BCUT2D eigenvalue weighted by Crippen LogP contribution is 2.32. The molecular formula is C18H26O6. The lowest BCUT2D eigenvalue weighted by atomic mass is 10.1. The largest absolute Gasteiger partial charge is 0.496 e. The first kappa shape index (κ1) is 20.0. The Morgan fingerprint density at radius 1 is 1.12 bits per heavy atom. The Morgan fingerprint density at radius 2 is 1.79 bits per heavy atom. The van der Waals surface area contributed by atoms with Crippen LogP contribution in [0.4, 0.5) is 0 Å². The molecule has 0 aliphatic heterocycles. The lowest BCUT2D eigenvalue weighted by Crippen LogP contribution is -2.31. The van der Waals surface area contributed by atoms with Gasteiger partial charge in [0.15, 0.2) is 0 Å². The van der Waals surface area contributed by atoms with Crippen molar-refractivity contribution in [1.29, 1.82) is 0 Å². The van der Waals surface area contributed by atoms with Crippen molar-refractivity contribution < 1.29 is 28.5 Å². The van der Waals surface area contributed by atoms with Gasteiger partial charge < -0.3 is 18.9 Å². The summed E-state index contributed by atoms with van der Waals surface area (Å²) in [5.41, 5.74) is 0.751. The third-order valence-corrected chi connectivity index (χ3v) is 3.56. The van der Waals surface area contributed by atoms with Crippen LogP contribution in [-0.2, 0) is 19.1 Å². The summed E-state index contributed by atoms with van der Waals surface area (Å²) in [6.45, 7) is 8.38. The summed E-state index contributed by atoms with van der Waals surface area (Å²) >= 11 is 0. The molecule has 134 valence electrons. The van der Waals surface area contributed by atoms with Crippen molar-refractivity contribution in [1.82, 2.24) is 0 Å². The van der Waals surface area contributed by atoms with Gasteiger partial charge in [0.05, 0.1) is 19.3 Å². The van der Waals surface area contributed by atoms with Crippen LogP contribution in [0.15, 0.2) is 18.2 Å². The first-order valence-corrected chi connectivity index (χ1v) is 7.97. The van der Waals surface area contributed by atoms with E-state index in [1.165, 1.54) is 13.8 Å². The first-order valence-electron chi connectivity index (χ1n) is 7.97. The maximum Gasteiger partial charge on any atom is 0.308 e. The highest BCUT2D eigenvalue weighted by Gasteiger charge is 2.23. The number of hydrogen-bond acceptors (Lipinski definition) is 6. The van der Waals surface area contributed by atoms with Crippen LogP contribution >= 0.6 is 0 Å². The van der Waals surface area contributed by atoms with E-state index >= 15 is 0 Å². The topological polar surface area (TPSA) is 71.1 Å². The minimum Gasteiger partial charge on any atom is -0.496 e. The second-order valence-corrected chi connectivity index (χ2v) is 5.54. The number of esters is 2. The minimum absolute atomic E-state index is 0.295. The van der Waals surface area contributed by atoms with Gasteiger partial charge in [0.25, 0.3) is 0 Å². The molecule has 6 nitrogen and oxygen atoms in total. The van der Waals surface area contributed by atoms with Crippen molar-refractivity contribution in [2.75, 3.05) is 7.11 Å². The number of carbonyl (C=O) groups is 2. The van der Waals surface area contributed by atoms with Gasteiger partial charge in [0.2, 0.25) is 0 Å². The van der Waals surface area contributed by atoms with Gasteiger partial charge in [-0.2, -0.15) is 0 Å². The van der Waals surface area contributed by atoms with Crippen LogP contribution in [-0.4, -0.2) is 31.3 Å². The second kappa shape index (κ2) is 9.27. The number of methoxy groups -OCH3 is 1. The van der Waals surface area contributed by atoms with E-state index in [4.69, 9.17) is 18.9 Å². The molecule has 6 heteroatoms. The highest BCUT2D eigenvalue weighted by atomic mass is 16.6. The molecule has 0 spiro atoms. The second-order valence-electron chi connectivity index (χ2n) is 5.54. The fourth-order valence-electron chi connectivity index (χ4n) is 2.47. The average Bonchev–Trinajstić information content (AvgIpc) is 2.51. The average molecular weight is 338 g/mol. The van der Waals surface area contributed by atoms with Gasteiger partial charge in [0.1, 0.15) is 17.6 Å². The molecular weight excluding hydrogens is 312 g/mol. The van der Waals surface area contributed by atoms with Crippen molar-refractivity contribution in [2.24, 2.45) is 0 Å². The maximum atomic E-state index is 11.2. The Balaban J connectivity index is 2.93. The van der Waals surface area contributed by atoms with E-state index in [0.717, 1.165) is 5.56 Å². The predicted octanol–water partition coefficient (Wildman–Crippen LogP) is 3.43. The molecule has 24 heavy (non-hydrogen) atoms. The SMILES string of the molecule is CCC(OC(C)=O)[C@H](C)O[C@@H](C)c1cc(OC(C)=O)ccc1OC. The molecule has 0 saturated heterocycles. The van der Waals surface area contributed by atoms with E-state index in [1.54, 1.807) is 25.3 Å². The minimum atomic E-state index is -0.394. The molecule has 1 rings (SSSR count). The Morgan fingerprint density at radius 3 is 2.29 bits per heavy atom. The summed E-state index contributed by atoms with van der Waals surface area (Å²) in [6, 6.07) is 5.10. The zero-order valence-electron chi connectivity index (χ0n) is 15.1. The van der Waals surface area contributed by atoms with Gasteiger partial charge in [0, 0.05) is 19.4 Å². The van der Waals surface area contributed by atoms with Crippen LogP contribution in [0.3, 0.4) is 0 Å². The fourth-order valence-corrected chi connectivity index (χ4v) is 2.47. The van der Waals surface area contributed by atoms with Gasteiger partial charge >= 0.3 is 11.9 Å². The van der Waals surface area contributed by atoms with Crippen molar-refractivity contribution in [3.8, 4) is 11.5 Å². The quantitative estimate of drug-likeness (QED) is 0.534. The van der Waals surface area contributed by atoms with Crippen LogP contribution in [0.25, 0.3) is 0 Å². The van der Waals surface area contributed by atoms with E-state index in [0.29, 0.717) is 17.9 Å². The smallest absolute Gasteiger partial charge is 0.308 e.